The lowest BCUT2D eigenvalue weighted by Gasteiger charge is -2.27. The molecule has 1 aromatic carbocycles. The molecule has 2 aromatic heterocycles. The maximum absolute atomic E-state index is 14.8. The van der Waals surface area contributed by atoms with Gasteiger partial charge >= 0.3 is 6.18 Å². The van der Waals surface area contributed by atoms with Crippen molar-refractivity contribution < 1.29 is 27.5 Å². The molecule has 0 saturated carbocycles. The number of halogens is 4. The lowest BCUT2D eigenvalue weighted by atomic mass is 9.98. The van der Waals surface area contributed by atoms with Crippen molar-refractivity contribution in [2.75, 3.05) is 31.1 Å². The van der Waals surface area contributed by atoms with Crippen LogP contribution < -0.4 is 4.90 Å². The maximum Gasteiger partial charge on any atom is 0.420 e. The average molecular weight is 520 g/mol. The van der Waals surface area contributed by atoms with Gasteiger partial charge in [-0.2, -0.15) is 28.2 Å². The Bertz CT molecular complexity index is 1320. The fourth-order valence-corrected chi connectivity index (χ4v) is 5.19. The van der Waals surface area contributed by atoms with Crippen molar-refractivity contribution in [2.24, 2.45) is 11.8 Å². The van der Waals surface area contributed by atoms with Gasteiger partial charge < -0.3 is 14.9 Å². The van der Waals surface area contributed by atoms with E-state index in [0.717, 1.165) is 0 Å². The minimum absolute atomic E-state index is 0.00112. The molecule has 4 heterocycles. The van der Waals surface area contributed by atoms with Gasteiger partial charge in [0.25, 0.3) is 5.91 Å². The van der Waals surface area contributed by atoms with Crippen molar-refractivity contribution >= 4 is 11.9 Å². The monoisotopic (exact) mass is 519 g/mol. The topological polar surface area (TPSA) is 100 Å². The number of hydrogen-bond donors (Lipinski definition) is 1. The summed E-state index contributed by atoms with van der Waals surface area (Å²) in [5.41, 5.74) is -3.48. The number of aromatic nitrogens is 5. The number of alkyl halides is 3. The number of hydrogen-bond acceptors (Lipinski definition) is 7. The number of nitrogens with zero attached hydrogens (tertiary/aromatic N) is 7. The van der Waals surface area contributed by atoms with E-state index in [1.54, 1.807) is 15.9 Å². The molecule has 3 aromatic rings. The first kappa shape index (κ1) is 25.1. The molecule has 1 amide bonds. The second kappa shape index (κ2) is 8.75. The van der Waals surface area contributed by atoms with Gasteiger partial charge in [0.15, 0.2) is 0 Å². The van der Waals surface area contributed by atoms with Gasteiger partial charge in [-0.1, -0.05) is 6.07 Å². The number of fused-ring (bicyclic) bond motifs is 1. The molecule has 2 atom stereocenters. The van der Waals surface area contributed by atoms with Crippen LogP contribution >= 0.6 is 0 Å². The maximum atomic E-state index is 14.8. The van der Waals surface area contributed by atoms with E-state index in [0.29, 0.717) is 26.2 Å². The minimum atomic E-state index is -4.71. The highest BCUT2D eigenvalue weighted by molar-refractivity contribution is 5.98. The van der Waals surface area contributed by atoms with Crippen LogP contribution in [0.1, 0.15) is 41.2 Å². The molecular weight excluding hydrogens is 494 g/mol. The third-order valence-corrected chi connectivity index (χ3v) is 6.84. The Morgan fingerprint density at radius 3 is 2.22 bits per heavy atom. The number of aliphatic hydroxyl groups is 1. The number of benzene rings is 1. The number of carbonyl (C=O) groups is 1. The number of amides is 1. The van der Waals surface area contributed by atoms with Crippen LogP contribution in [0.3, 0.4) is 0 Å². The molecule has 196 valence electrons. The molecule has 0 bridgehead atoms. The van der Waals surface area contributed by atoms with Crippen LogP contribution in [0.4, 0.5) is 23.5 Å². The zero-order valence-corrected chi connectivity index (χ0v) is 20.4. The van der Waals surface area contributed by atoms with E-state index in [1.165, 1.54) is 50.1 Å². The van der Waals surface area contributed by atoms with Crippen LogP contribution in [-0.2, 0) is 11.8 Å². The van der Waals surface area contributed by atoms with Gasteiger partial charge in [-0.25, -0.2) is 14.4 Å². The molecule has 2 saturated heterocycles. The molecule has 2 fully saturated rings. The predicted molar refractivity (Wildman–Crippen MR) is 123 cm³/mol. The normalized spacial score (nSPS) is 20.0. The molecule has 37 heavy (non-hydrogen) atoms. The van der Waals surface area contributed by atoms with Crippen LogP contribution in [0.25, 0.3) is 5.69 Å². The summed E-state index contributed by atoms with van der Waals surface area (Å²) in [5.74, 6) is -1.04. The Labute approximate surface area is 209 Å². The first-order valence-corrected chi connectivity index (χ1v) is 11.7. The molecule has 0 aliphatic carbocycles. The van der Waals surface area contributed by atoms with Crippen molar-refractivity contribution in [3.63, 3.8) is 0 Å². The van der Waals surface area contributed by atoms with Crippen LogP contribution in [0.5, 0.6) is 0 Å². The molecule has 9 nitrogen and oxygen atoms in total. The SMILES string of the molecule is Cc1nc(N2CC3CN(C(=O)c4c(F)cccc4-n4nccn4)CC3C2)nc(C(C)(C)O)c1C(F)(F)F. The largest absolute Gasteiger partial charge is 0.420 e. The summed E-state index contributed by atoms with van der Waals surface area (Å²) in [7, 11) is 0. The number of likely N-dealkylation sites (tertiary alicyclic amines) is 1. The Morgan fingerprint density at radius 2 is 1.65 bits per heavy atom. The van der Waals surface area contributed by atoms with E-state index in [9.17, 15) is 27.5 Å². The van der Waals surface area contributed by atoms with Crippen molar-refractivity contribution in [2.45, 2.75) is 32.5 Å². The van der Waals surface area contributed by atoms with Crippen molar-refractivity contribution in [1.82, 2.24) is 29.9 Å². The lowest BCUT2D eigenvalue weighted by Crippen LogP contribution is -2.35. The van der Waals surface area contributed by atoms with E-state index in [4.69, 9.17) is 0 Å². The predicted octanol–water partition coefficient (Wildman–Crippen LogP) is 2.96. The fraction of sp³-hybridized carbons (Fsp3) is 0.458. The number of aryl methyl sites for hydroxylation is 1. The molecule has 5 rings (SSSR count). The molecule has 0 radical (unpaired) electrons. The highest BCUT2D eigenvalue weighted by atomic mass is 19.4. The van der Waals surface area contributed by atoms with E-state index >= 15 is 0 Å². The smallest absolute Gasteiger partial charge is 0.384 e. The zero-order valence-electron chi connectivity index (χ0n) is 20.4. The molecule has 13 heteroatoms. The Kier molecular flexibility index (Phi) is 5.93. The third-order valence-electron chi connectivity index (χ3n) is 6.84. The molecule has 2 unspecified atom stereocenters. The summed E-state index contributed by atoms with van der Waals surface area (Å²) in [6.45, 7) is 5.28. The first-order chi connectivity index (χ1) is 17.3. The standard InChI is InChI=1S/C24H25F4N7O2/c1-13-19(24(26,27)28)20(23(2,3)37)32-22(31-13)34-11-14-9-33(10-15(14)12-34)21(36)18-16(25)5-4-6-17(18)35-29-7-8-30-35/h4-8,14-15,37H,9-12H2,1-3H3. The molecule has 2 aliphatic heterocycles. The van der Waals surface area contributed by atoms with Crippen molar-refractivity contribution in [3.05, 3.63) is 58.9 Å². The van der Waals surface area contributed by atoms with Gasteiger partial charge in [0.05, 0.1) is 23.8 Å². The van der Waals surface area contributed by atoms with Gasteiger partial charge in [-0.15, -0.1) is 0 Å². The highest BCUT2D eigenvalue weighted by Gasteiger charge is 2.45. The van der Waals surface area contributed by atoms with E-state index in [2.05, 4.69) is 20.2 Å². The van der Waals surface area contributed by atoms with Crippen LogP contribution in [0.2, 0.25) is 0 Å². The average Bonchev–Trinajstić information content (AvgIpc) is 3.53. The Balaban J connectivity index is 1.37. The highest BCUT2D eigenvalue weighted by Crippen LogP contribution is 2.40. The summed E-state index contributed by atoms with van der Waals surface area (Å²) in [6, 6.07) is 4.26. The van der Waals surface area contributed by atoms with E-state index < -0.39 is 34.8 Å². The van der Waals surface area contributed by atoms with Crippen molar-refractivity contribution in [1.29, 1.82) is 0 Å². The van der Waals surface area contributed by atoms with Gasteiger partial charge in [-0.05, 0) is 32.9 Å². The van der Waals surface area contributed by atoms with Crippen LogP contribution in [-0.4, -0.2) is 67.1 Å². The number of carbonyl (C=O) groups excluding carboxylic acids is 1. The second-order valence-electron chi connectivity index (χ2n) is 9.98. The molecular formula is C24H25F4N7O2. The summed E-state index contributed by atoms with van der Waals surface area (Å²) in [5, 5.41) is 18.4. The number of anilines is 1. The van der Waals surface area contributed by atoms with Gasteiger partial charge in [0, 0.05) is 38.0 Å². The van der Waals surface area contributed by atoms with Gasteiger partial charge in [0.1, 0.15) is 28.2 Å². The quantitative estimate of drug-likeness (QED) is 0.529. The van der Waals surface area contributed by atoms with Gasteiger partial charge in [0.2, 0.25) is 5.95 Å². The summed E-state index contributed by atoms with van der Waals surface area (Å²) >= 11 is 0. The molecule has 0 spiro atoms. The number of rotatable bonds is 4. The minimum Gasteiger partial charge on any atom is -0.384 e. The summed E-state index contributed by atoms with van der Waals surface area (Å²) < 4.78 is 55.8. The van der Waals surface area contributed by atoms with Crippen molar-refractivity contribution in [3.8, 4) is 5.69 Å². The van der Waals surface area contributed by atoms with Gasteiger partial charge in [-0.3, -0.25) is 4.79 Å². The lowest BCUT2D eigenvalue weighted by molar-refractivity contribution is -0.141. The summed E-state index contributed by atoms with van der Waals surface area (Å²) in [4.78, 5) is 26.1. The first-order valence-electron chi connectivity index (χ1n) is 11.7. The summed E-state index contributed by atoms with van der Waals surface area (Å²) in [6.07, 6.45) is -1.84. The zero-order chi connectivity index (χ0) is 26.7. The molecule has 1 N–H and O–H groups in total. The second-order valence-corrected chi connectivity index (χ2v) is 9.98. The Morgan fingerprint density at radius 1 is 1.03 bits per heavy atom. The van der Waals surface area contributed by atoms with E-state index in [1.807, 2.05) is 0 Å². The Hall–Kier alpha value is -3.61. The molecule has 2 aliphatic rings. The fourth-order valence-electron chi connectivity index (χ4n) is 5.19. The third kappa shape index (κ3) is 4.52. The van der Waals surface area contributed by atoms with Crippen LogP contribution in [0.15, 0.2) is 30.6 Å². The van der Waals surface area contributed by atoms with Crippen LogP contribution in [0, 0.1) is 24.6 Å². The van der Waals surface area contributed by atoms with E-state index in [-0.39, 0.29) is 34.7 Å².